The Morgan fingerprint density at radius 1 is 1.06 bits per heavy atom. The van der Waals surface area contributed by atoms with Gasteiger partial charge in [0, 0.05) is 15.4 Å². The molecule has 90 valence electrons. The highest BCUT2D eigenvalue weighted by molar-refractivity contribution is 7.99. The Labute approximate surface area is 110 Å². The highest BCUT2D eigenvalue weighted by Crippen LogP contribution is 2.44. The lowest BCUT2D eigenvalue weighted by Crippen LogP contribution is -2.02. The number of rotatable bonds is 1. The zero-order valence-corrected chi connectivity index (χ0v) is 11.1. The lowest BCUT2D eigenvalue weighted by molar-refractivity contribution is 0.101. The van der Waals surface area contributed by atoms with E-state index < -0.39 is 0 Å². The van der Waals surface area contributed by atoms with Crippen LogP contribution in [0.4, 0.5) is 11.4 Å². The molecule has 18 heavy (non-hydrogen) atoms. The normalized spacial score (nSPS) is 12.3. The molecule has 3 heteroatoms. The molecular formula is C15H13NOS. The van der Waals surface area contributed by atoms with Gasteiger partial charge in [-0.3, -0.25) is 4.79 Å². The summed E-state index contributed by atoms with van der Waals surface area (Å²) >= 11 is 1.74. The van der Waals surface area contributed by atoms with Crippen LogP contribution in [0.2, 0.25) is 0 Å². The van der Waals surface area contributed by atoms with Crippen molar-refractivity contribution in [3.05, 3.63) is 47.5 Å². The van der Waals surface area contributed by atoms with Crippen molar-refractivity contribution in [1.29, 1.82) is 0 Å². The number of ketones is 1. The number of Topliss-reactive ketones (excluding diaryl/α,β-unsaturated/α-hetero) is 1. The second-order valence-electron chi connectivity index (χ2n) is 4.49. The monoisotopic (exact) mass is 255 g/mol. The van der Waals surface area contributed by atoms with E-state index in [-0.39, 0.29) is 5.78 Å². The van der Waals surface area contributed by atoms with Crippen LogP contribution in [0.15, 0.2) is 46.2 Å². The fourth-order valence-corrected chi connectivity index (χ4v) is 2.98. The Bertz CT molecular complexity index is 649. The third-order valence-corrected chi connectivity index (χ3v) is 4.16. The molecule has 0 aromatic heterocycles. The summed E-state index contributed by atoms with van der Waals surface area (Å²) in [5, 5.41) is 3.40. The van der Waals surface area contributed by atoms with Crippen molar-refractivity contribution in [3.8, 4) is 0 Å². The van der Waals surface area contributed by atoms with E-state index in [9.17, 15) is 4.79 Å². The zero-order chi connectivity index (χ0) is 12.7. The molecule has 0 radical (unpaired) electrons. The van der Waals surface area contributed by atoms with Crippen molar-refractivity contribution >= 4 is 28.9 Å². The fraction of sp³-hybridized carbons (Fsp3) is 0.133. The Kier molecular flexibility index (Phi) is 2.63. The topological polar surface area (TPSA) is 29.1 Å². The number of fused-ring (bicyclic) bond motifs is 2. The summed E-state index contributed by atoms with van der Waals surface area (Å²) in [6.07, 6.45) is 0. The van der Waals surface area contributed by atoms with Gasteiger partial charge in [0.15, 0.2) is 5.78 Å². The van der Waals surface area contributed by atoms with E-state index in [0.29, 0.717) is 0 Å². The number of carbonyl (C=O) groups excluding carboxylic acids is 1. The zero-order valence-electron chi connectivity index (χ0n) is 10.3. The molecule has 1 aliphatic heterocycles. The highest BCUT2D eigenvalue weighted by atomic mass is 32.2. The molecule has 2 aromatic rings. The molecule has 0 atom stereocenters. The van der Waals surface area contributed by atoms with E-state index in [2.05, 4.69) is 30.4 Å². The van der Waals surface area contributed by atoms with Gasteiger partial charge in [0.05, 0.1) is 11.4 Å². The van der Waals surface area contributed by atoms with Crippen molar-refractivity contribution < 1.29 is 4.79 Å². The van der Waals surface area contributed by atoms with Gasteiger partial charge >= 0.3 is 0 Å². The molecule has 0 amide bonds. The Morgan fingerprint density at radius 3 is 2.44 bits per heavy atom. The Morgan fingerprint density at radius 2 is 1.72 bits per heavy atom. The lowest BCUT2D eigenvalue weighted by Gasteiger charge is -2.21. The predicted molar refractivity (Wildman–Crippen MR) is 75.0 cm³/mol. The van der Waals surface area contributed by atoms with Crippen LogP contribution in [0.1, 0.15) is 22.8 Å². The number of carbonyl (C=O) groups is 1. The molecule has 0 bridgehead atoms. The number of hydrogen-bond acceptors (Lipinski definition) is 3. The molecule has 1 aliphatic rings. The first-order valence-electron chi connectivity index (χ1n) is 5.84. The molecule has 0 aliphatic carbocycles. The van der Waals surface area contributed by atoms with Gasteiger partial charge in [-0.1, -0.05) is 23.9 Å². The first-order valence-corrected chi connectivity index (χ1v) is 6.65. The minimum atomic E-state index is 0.0969. The summed E-state index contributed by atoms with van der Waals surface area (Å²) in [4.78, 5) is 13.8. The van der Waals surface area contributed by atoms with E-state index >= 15 is 0 Å². The van der Waals surface area contributed by atoms with E-state index in [1.165, 1.54) is 10.5 Å². The maximum absolute atomic E-state index is 11.4. The first kappa shape index (κ1) is 11.4. The van der Waals surface area contributed by atoms with Gasteiger partial charge < -0.3 is 5.32 Å². The maximum atomic E-state index is 11.4. The van der Waals surface area contributed by atoms with Crippen LogP contribution < -0.4 is 5.32 Å². The highest BCUT2D eigenvalue weighted by Gasteiger charge is 2.16. The number of benzene rings is 2. The average Bonchev–Trinajstić information content (AvgIpc) is 2.35. The standard InChI is InChI=1S/C15H13NOS/c1-9-3-5-14-12(7-9)16-13-8-11(10(2)17)4-6-15(13)18-14/h3-8,16H,1-2H3. The minimum Gasteiger partial charge on any atom is -0.354 e. The summed E-state index contributed by atoms with van der Waals surface area (Å²) in [5.41, 5.74) is 4.12. The summed E-state index contributed by atoms with van der Waals surface area (Å²) in [7, 11) is 0. The molecule has 1 heterocycles. The van der Waals surface area contributed by atoms with E-state index in [1.807, 2.05) is 18.2 Å². The molecule has 1 N–H and O–H groups in total. The Balaban J connectivity index is 2.05. The van der Waals surface area contributed by atoms with E-state index in [1.54, 1.807) is 18.7 Å². The molecule has 0 saturated carbocycles. The largest absolute Gasteiger partial charge is 0.354 e. The molecule has 0 fully saturated rings. The summed E-state index contributed by atoms with van der Waals surface area (Å²) in [6.45, 7) is 3.67. The van der Waals surface area contributed by atoms with Gasteiger partial charge in [-0.15, -0.1) is 0 Å². The molecular weight excluding hydrogens is 242 g/mol. The quantitative estimate of drug-likeness (QED) is 0.653. The van der Waals surface area contributed by atoms with Gasteiger partial charge in [0.1, 0.15) is 0 Å². The molecule has 0 saturated heterocycles. The van der Waals surface area contributed by atoms with Crippen molar-refractivity contribution in [3.63, 3.8) is 0 Å². The average molecular weight is 255 g/mol. The van der Waals surface area contributed by atoms with Crippen LogP contribution in [-0.2, 0) is 0 Å². The first-order chi connectivity index (χ1) is 8.63. The van der Waals surface area contributed by atoms with Gasteiger partial charge in [-0.25, -0.2) is 0 Å². The predicted octanol–water partition coefficient (Wildman–Crippen LogP) is 4.41. The second kappa shape index (κ2) is 4.18. The maximum Gasteiger partial charge on any atom is 0.159 e. The summed E-state index contributed by atoms with van der Waals surface area (Å²) in [6, 6.07) is 12.2. The van der Waals surface area contributed by atoms with Gasteiger partial charge in [-0.05, 0) is 43.7 Å². The van der Waals surface area contributed by atoms with Crippen LogP contribution in [0.3, 0.4) is 0 Å². The van der Waals surface area contributed by atoms with Gasteiger partial charge in [-0.2, -0.15) is 0 Å². The molecule has 2 nitrogen and oxygen atoms in total. The smallest absolute Gasteiger partial charge is 0.159 e. The van der Waals surface area contributed by atoms with E-state index in [0.717, 1.165) is 21.8 Å². The van der Waals surface area contributed by atoms with Crippen LogP contribution in [0.5, 0.6) is 0 Å². The summed E-state index contributed by atoms with van der Waals surface area (Å²) in [5.74, 6) is 0.0969. The van der Waals surface area contributed by atoms with Crippen LogP contribution in [0, 0.1) is 6.92 Å². The van der Waals surface area contributed by atoms with Gasteiger partial charge in [0.25, 0.3) is 0 Å². The lowest BCUT2D eigenvalue weighted by atomic mass is 10.1. The van der Waals surface area contributed by atoms with E-state index in [4.69, 9.17) is 0 Å². The Hall–Kier alpha value is -1.74. The third kappa shape index (κ3) is 1.91. The van der Waals surface area contributed by atoms with Crippen molar-refractivity contribution in [2.45, 2.75) is 23.6 Å². The van der Waals surface area contributed by atoms with Gasteiger partial charge in [0.2, 0.25) is 0 Å². The third-order valence-electron chi connectivity index (χ3n) is 3.01. The molecule has 3 rings (SSSR count). The second-order valence-corrected chi connectivity index (χ2v) is 5.58. The minimum absolute atomic E-state index is 0.0969. The van der Waals surface area contributed by atoms with Crippen molar-refractivity contribution in [2.24, 2.45) is 0 Å². The van der Waals surface area contributed by atoms with Crippen LogP contribution in [0.25, 0.3) is 0 Å². The van der Waals surface area contributed by atoms with Crippen molar-refractivity contribution in [1.82, 2.24) is 0 Å². The van der Waals surface area contributed by atoms with Crippen LogP contribution in [-0.4, -0.2) is 5.78 Å². The molecule has 0 spiro atoms. The SMILES string of the molecule is CC(=O)c1ccc2c(c1)Nc1cc(C)ccc1S2. The summed E-state index contributed by atoms with van der Waals surface area (Å²) < 4.78 is 0. The number of aryl methyl sites for hydroxylation is 1. The molecule has 2 aromatic carbocycles. The van der Waals surface area contributed by atoms with Crippen molar-refractivity contribution in [2.75, 3.05) is 5.32 Å². The number of hydrogen-bond donors (Lipinski definition) is 1. The number of anilines is 2. The number of nitrogens with one attached hydrogen (secondary N) is 1. The molecule has 0 unspecified atom stereocenters. The fourth-order valence-electron chi connectivity index (χ4n) is 2.03. The van der Waals surface area contributed by atoms with Crippen LogP contribution >= 0.6 is 11.8 Å².